The normalized spacial score (nSPS) is 15.5. The summed E-state index contributed by atoms with van der Waals surface area (Å²) >= 11 is 0. The van der Waals surface area contributed by atoms with Gasteiger partial charge in [-0.3, -0.25) is 9.59 Å². The number of likely N-dealkylation sites (tertiary alicyclic amines) is 1. The average molecular weight is 396 g/mol. The van der Waals surface area contributed by atoms with Gasteiger partial charge in [-0.25, -0.2) is 0 Å². The van der Waals surface area contributed by atoms with Gasteiger partial charge in [0, 0.05) is 24.6 Å². The van der Waals surface area contributed by atoms with Crippen LogP contribution in [0.25, 0.3) is 0 Å². The highest BCUT2D eigenvalue weighted by Gasteiger charge is 2.31. The second-order valence-electron chi connectivity index (χ2n) is 6.59. The number of nitrogens with one attached hydrogen (secondary N) is 1. The zero-order valence-corrected chi connectivity index (χ0v) is 15.1. The SMILES string of the molecule is Cc1noc(CNC(=O)C2CCN(C(=O)c3ccc(C(F)(F)F)cc3)CC2)n1. The molecule has 7 nitrogen and oxygen atoms in total. The Hall–Kier alpha value is -2.91. The highest BCUT2D eigenvalue weighted by molar-refractivity contribution is 5.94. The number of carbonyl (C=O) groups is 2. The molecule has 10 heteroatoms. The summed E-state index contributed by atoms with van der Waals surface area (Å²) in [5.74, 6) is 0.0622. The van der Waals surface area contributed by atoms with Gasteiger partial charge in [0.2, 0.25) is 11.8 Å². The minimum atomic E-state index is -4.44. The van der Waals surface area contributed by atoms with Gasteiger partial charge in [-0.1, -0.05) is 5.16 Å². The summed E-state index contributed by atoms with van der Waals surface area (Å²) < 4.78 is 42.8. The van der Waals surface area contributed by atoms with Gasteiger partial charge in [0.15, 0.2) is 5.82 Å². The van der Waals surface area contributed by atoms with Gasteiger partial charge in [0.1, 0.15) is 0 Å². The molecule has 0 bridgehead atoms. The topological polar surface area (TPSA) is 88.3 Å². The average Bonchev–Trinajstić information content (AvgIpc) is 3.10. The Balaban J connectivity index is 1.50. The molecule has 0 atom stereocenters. The Morgan fingerprint density at radius 1 is 1.21 bits per heavy atom. The predicted octanol–water partition coefficient (Wildman–Crippen LogP) is 2.57. The molecule has 1 saturated heterocycles. The minimum absolute atomic E-state index is 0.143. The molecule has 1 fully saturated rings. The van der Waals surface area contributed by atoms with E-state index in [1.165, 1.54) is 12.1 Å². The lowest BCUT2D eigenvalue weighted by atomic mass is 9.95. The molecule has 28 heavy (non-hydrogen) atoms. The van der Waals surface area contributed by atoms with Crippen LogP contribution in [0, 0.1) is 12.8 Å². The number of hydrogen-bond donors (Lipinski definition) is 1. The highest BCUT2D eigenvalue weighted by Crippen LogP contribution is 2.29. The van der Waals surface area contributed by atoms with E-state index in [0.717, 1.165) is 12.1 Å². The molecule has 0 spiro atoms. The first kappa shape index (κ1) is 19.8. The fourth-order valence-electron chi connectivity index (χ4n) is 3.05. The van der Waals surface area contributed by atoms with Crippen LogP contribution in [0.3, 0.4) is 0 Å². The molecule has 1 aliphatic rings. The number of carbonyl (C=O) groups excluding carboxylic acids is 2. The fraction of sp³-hybridized carbons (Fsp3) is 0.444. The standard InChI is InChI=1S/C18H19F3N4O3/c1-11-23-15(28-24-11)10-22-16(26)12-6-8-25(9-7-12)17(27)13-2-4-14(5-3-13)18(19,20)21/h2-5,12H,6-10H2,1H3,(H,22,26). The molecule has 0 saturated carbocycles. The first-order chi connectivity index (χ1) is 13.2. The van der Waals surface area contributed by atoms with E-state index in [-0.39, 0.29) is 29.8 Å². The molecule has 1 N–H and O–H groups in total. The summed E-state index contributed by atoms with van der Waals surface area (Å²) in [5.41, 5.74) is -0.599. The Morgan fingerprint density at radius 3 is 2.39 bits per heavy atom. The smallest absolute Gasteiger partial charge is 0.347 e. The molecule has 2 heterocycles. The number of hydrogen-bond acceptors (Lipinski definition) is 5. The van der Waals surface area contributed by atoms with Crippen molar-refractivity contribution in [1.29, 1.82) is 0 Å². The molecule has 0 aliphatic carbocycles. The number of benzene rings is 1. The monoisotopic (exact) mass is 396 g/mol. The lowest BCUT2D eigenvalue weighted by Crippen LogP contribution is -2.43. The van der Waals surface area contributed by atoms with Crippen LogP contribution in [0.1, 0.15) is 40.5 Å². The van der Waals surface area contributed by atoms with Crippen molar-refractivity contribution in [3.8, 4) is 0 Å². The molecule has 1 aromatic carbocycles. The first-order valence-corrected chi connectivity index (χ1v) is 8.77. The third-order valence-electron chi connectivity index (χ3n) is 4.60. The van der Waals surface area contributed by atoms with Gasteiger partial charge in [-0.2, -0.15) is 18.2 Å². The summed E-state index contributed by atoms with van der Waals surface area (Å²) in [4.78, 5) is 30.3. The maximum absolute atomic E-state index is 12.6. The molecular weight excluding hydrogens is 377 g/mol. The molecule has 2 amide bonds. The summed E-state index contributed by atoms with van der Waals surface area (Å²) in [7, 11) is 0. The van der Waals surface area contributed by atoms with Gasteiger partial charge in [-0.15, -0.1) is 0 Å². The van der Waals surface area contributed by atoms with Crippen LogP contribution < -0.4 is 5.32 Å². The van der Waals surface area contributed by atoms with E-state index in [2.05, 4.69) is 15.5 Å². The van der Waals surface area contributed by atoms with Gasteiger partial charge in [-0.05, 0) is 44.0 Å². The maximum Gasteiger partial charge on any atom is 0.416 e. The van der Waals surface area contributed by atoms with E-state index in [1.54, 1.807) is 11.8 Å². The van der Waals surface area contributed by atoms with Crippen molar-refractivity contribution in [3.05, 3.63) is 47.1 Å². The van der Waals surface area contributed by atoms with Crippen molar-refractivity contribution in [2.24, 2.45) is 5.92 Å². The van der Waals surface area contributed by atoms with Gasteiger partial charge < -0.3 is 14.7 Å². The molecular formula is C18H19F3N4O3. The third kappa shape index (κ3) is 4.68. The number of alkyl halides is 3. The van der Waals surface area contributed by atoms with Crippen LogP contribution in [0.4, 0.5) is 13.2 Å². The number of rotatable bonds is 4. The van der Waals surface area contributed by atoms with E-state index >= 15 is 0 Å². The summed E-state index contributed by atoms with van der Waals surface area (Å²) in [6.07, 6.45) is -3.49. The molecule has 2 aromatic rings. The van der Waals surface area contributed by atoms with Gasteiger partial charge in [0.05, 0.1) is 12.1 Å². The number of nitrogens with zero attached hydrogens (tertiary/aromatic N) is 3. The fourth-order valence-corrected chi connectivity index (χ4v) is 3.05. The van der Waals surface area contributed by atoms with E-state index in [0.29, 0.717) is 37.6 Å². The molecule has 0 unspecified atom stereocenters. The number of halogens is 3. The largest absolute Gasteiger partial charge is 0.416 e. The first-order valence-electron chi connectivity index (χ1n) is 8.77. The zero-order valence-electron chi connectivity index (χ0n) is 15.1. The Labute approximate surface area is 158 Å². The summed E-state index contributed by atoms with van der Waals surface area (Å²) in [6.45, 7) is 2.54. The lowest BCUT2D eigenvalue weighted by molar-refractivity contribution is -0.137. The minimum Gasteiger partial charge on any atom is -0.347 e. The quantitative estimate of drug-likeness (QED) is 0.858. The zero-order chi connectivity index (χ0) is 20.3. The van der Waals surface area contributed by atoms with Crippen molar-refractivity contribution in [3.63, 3.8) is 0 Å². The Morgan fingerprint density at radius 2 is 1.86 bits per heavy atom. The molecule has 1 aromatic heterocycles. The number of aromatic nitrogens is 2. The van der Waals surface area contributed by atoms with Crippen LogP contribution in [-0.4, -0.2) is 39.9 Å². The van der Waals surface area contributed by atoms with Crippen LogP contribution in [0.2, 0.25) is 0 Å². The second-order valence-corrected chi connectivity index (χ2v) is 6.59. The lowest BCUT2D eigenvalue weighted by Gasteiger charge is -2.31. The van der Waals surface area contributed by atoms with Crippen LogP contribution >= 0.6 is 0 Å². The Kier molecular flexibility index (Phi) is 5.66. The third-order valence-corrected chi connectivity index (χ3v) is 4.60. The van der Waals surface area contributed by atoms with E-state index in [4.69, 9.17) is 4.52 Å². The Bertz CT molecular complexity index is 841. The van der Waals surface area contributed by atoms with Crippen molar-refractivity contribution >= 4 is 11.8 Å². The maximum atomic E-state index is 12.6. The number of aryl methyl sites for hydroxylation is 1. The molecule has 0 radical (unpaired) electrons. The summed E-state index contributed by atoms with van der Waals surface area (Å²) in [5, 5.41) is 6.37. The molecule has 1 aliphatic heterocycles. The van der Waals surface area contributed by atoms with Crippen molar-refractivity contribution in [2.75, 3.05) is 13.1 Å². The number of amides is 2. The predicted molar refractivity (Wildman–Crippen MR) is 91.0 cm³/mol. The molecule has 150 valence electrons. The molecule has 3 rings (SSSR count). The van der Waals surface area contributed by atoms with Crippen LogP contribution in [-0.2, 0) is 17.5 Å². The van der Waals surface area contributed by atoms with Gasteiger partial charge in [0.25, 0.3) is 5.91 Å². The second kappa shape index (κ2) is 7.99. The summed E-state index contributed by atoms with van der Waals surface area (Å²) in [6, 6.07) is 4.14. The van der Waals surface area contributed by atoms with E-state index in [9.17, 15) is 22.8 Å². The number of piperidine rings is 1. The van der Waals surface area contributed by atoms with E-state index in [1.807, 2.05) is 0 Å². The van der Waals surface area contributed by atoms with Crippen LogP contribution in [0.5, 0.6) is 0 Å². The van der Waals surface area contributed by atoms with Crippen molar-refractivity contribution in [2.45, 2.75) is 32.5 Å². The van der Waals surface area contributed by atoms with Crippen molar-refractivity contribution < 1.29 is 27.3 Å². The van der Waals surface area contributed by atoms with Gasteiger partial charge >= 0.3 is 6.18 Å². The highest BCUT2D eigenvalue weighted by atomic mass is 19.4. The van der Waals surface area contributed by atoms with E-state index < -0.39 is 11.7 Å². The van der Waals surface area contributed by atoms with Crippen molar-refractivity contribution in [1.82, 2.24) is 20.4 Å². The van der Waals surface area contributed by atoms with Crippen LogP contribution in [0.15, 0.2) is 28.8 Å².